The average Bonchev–Trinajstić information content (AvgIpc) is 2.57. The lowest BCUT2D eigenvalue weighted by atomic mass is 10.2. The van der Waals surface area contributed by atoms with Crippen LogP contribution in [0.25, 0.3) is 0 Å². The van der Waals surface area contributed by atoms with Crippen LogP contribution >= 0.6 is 15.9 Å². The number of phenolic OH excluding ortho intramolecular Hbond substituents is 1. The van der Waals surface area contributed by atoms with Crippen LogP contribution in [0.1, 0.15) is 5.56 Å². The van der Waals surface area contributed by atoms with E-state index in [0.29, 0.717) is 10.0 Å². The SMILES string of the molecule is COc1cc(Br)cc(C=NNc2ccc([N+](=O)[O-])cc2[N+](=O)[O-])c1O. The summed E-state index contributed by atoms with van der Waals surface area (Å²) in [4.78, 5) is 20.3. The van der Waals surface area contributed by atoms with Gasteiger partial charge >= 0.3 is 5.69 Å². The number of hydrogen-bond acceptors (Lipinski definition) is 8. The van der Waals surface area contributed by atoms with Gasteiger partial charge in [0.15, 0.2) is 11.5 Å². The van der Waals surface area contributed by atoms with Crippen LogP contribution in [0.15, 0.2) is 39.9 Å². The summed E-state index contributed by atoms with van der Waals surface area (Å²) in [5, 5.41) is 35.6. The number of benzene rings is 2. The molecule has 2 rings (SSSR count). The van der Waals surface area contributed by atoms with Crippen molar-refractivity contribution in [3.63, 3.8) is 0 Å². The monoisotopic (exact) mass is 410 g/mol. The summed E-state index contributed by atoms with van der Waals surface area (Å²) in [5.74, 6) is 0.0617. The van der Waals surface area contributed by atoms with E-state index in [2.05, 4.69) is 26.5 Å². The molecular weight excluding hydrogens is 400 g/mol. The second-order valence-electron chi connectivity index (χ2n) is 4.63. The first kappa shape index (κ1) is 18.1. The van der Waals surface area contributed by atoms with Crippen molar-refractivity contribution >= 4 is 39.2 Å². The smallest absolute Gasteiger partial charge is 0.301 e. The van der Waals surface area contributed by atoms with Crippen LogP contribution in [0.2, 0.25) is 0 Å². The number of rotatable bonds is 6. The molecule has 2 N–H and O–H groups in total. The normalized spacial score (nSPS) is 10.6. The van der Waals surface area contributed by atoms with E-state index in [-0.39, 0.29) is 17.2 Å². The molecule has 2 aromatic rings. The molecule has 0 fully saturated rings. The second kappa shape index (κ2) is 7.57. The molecule has 0 bridgehead atoms. The fraction of sp³-hybridized carbons (Fsp3) is 0.0714. The van der Waals surface area contributed by atoms with Gasteiger partial charge in [0.1, 0.15) is 5.69 Å². The number of nitrogens with zero attached hydrogens (tertiary/aromatic N) is 3. The average molecular weight is 411 g/mol. The highest BCUT2D eigenvalue weighted by Gasteiger charge is 2.19. The number of nitro benzene ring substituents is 2. The molecule has 0 saturated carbocycles. The Kier molecular flexibility index (Phi) is 5.49. The van der Waals surface area contributed by atoms with Crippen LogP contribution in [0.3, 0.4) is 0 Å². The minimum atomic E-state index is -0.759. The Balaban J connectivity index is 2.30. The first-order valence-corrected chi connectivity index (χ1v) is 7.41. The largest absolute Gasteiger partial charge is 0.504 e. The van der Waals surface area contributed by atoms with E-state index in [1.165, 1.54) is 19.4 Å². The van der Waals surface area contributed by atoms with Gasteiger partial charge in [-0.05, 0) is 18.2 Å². The molecular formula is C14H11BrN4O6. The highest BCUT2D eigenvalue weighted by molar-refractivity contribution is 9.10. The van der Waals surface area contributed by atoms with E-state index in [9.17, 15) is 25.3 Å². The fourth-order valence-electron chi connectivity index (χ4n) is 1.90. The van der Waals surface area contributed by atoms with E-state index in [1.54, 1.807) is 12.1 Å². The minimum Gasteiger partial charge on any atom is -0.504 e. The Labute approximate surface area is 149 Å². The number of nitro groups is 2. The number of anilines is 1. The number of nitrogens with one attached hydrogen (secondary N) is 1. The predicted molar refractivity (Wildman–Crippen MR) is 93.3 cm³/mol. The summed E-state index contributed by atoms with van der Waals surface area (Å²) in [6.07, 6.45) is 1.23. The third-order valence-corrected chi connectivity index (χ3v) is 3.52. The summed E-state index contributed by atoms with van der Waals surface area (Å²) >= 11 is 3.25. The Morgan fingerprint density at radius 3 is 2.56 bits per heavy atom. The molecule has 0 amide bonds. The lowest BCUT2D eigenvalue weighted by Crippen LogP contribution is -1.99. The van der Waals surface area contributed by atoms with Gasteiger partial charge in [0.25, 0.3) is 5.69 Å². The first-order chi connectivity index (χ1) is 11.8. The van der Waals surface area contributed by atoms with Gasteiger partial charge in [0.05, 0.1) is 29.2 Å². The Morgan fingerprint density at radius 1 is 1.24 bits per heavy atom. The van der Waals surface area contributed by atoms with Gasteiger partial charge in [-0.3, -0.25) is 25.7 Å². The third kappa shape index (κ3) is 4.20. The molecule has 0 spiro atoms. The predicted octanol–water partition coefficient (Wildman–Crippen LogP) is 3.43. The highest BCUT2D eigenvalue weighted by atomic mass is 79.9. The summed E-state index contributed by atoms with van der Waals surface area (Å²) in [6.45, 7) is 0. The zero-order valence-corrected chi connectivity index (χ0v) is 14.3. The van der Waals surface area contributed by atoms with E-state index in [4.69, 9.17) is 4.74 Å². The van der Waals surface area contributed by atoms with Crippen molar-refractivity contribution in [2.45, 2.75) is 0 Å². The van der Waals surface area contributed by atoms with E-state index < -0.39 is 21.2 Å². The summed E-state index contributed by atoms with van der Waals surface area (Å²) in [6, 6.07) is 6.24. The molecule has 0 aliphatic rings. The minimum absolute atomic E-state index is 0.0340. The number of halogens is 1. The van der Waals surface area contributed by atoms with Crippen LogP contribution in [0.4, 0.5) is 17.1 Å². The Bertz CT molecular complexity index is 871. The summed E-state index contributed by atoms with van der Waals surface area (Å²) in [5.41, 5.74) is 1.79. The fourth-order valence-corrected chi connectivity index (χ4v) is 2.35. The number of hydrazone groups is 1. The van der Waals surface area contributed by atoms with E-state index in [1.807, 2.05) is 0 Å². The zero-order valence-electron chi connectivity index (χ0n) is 12.7. The van der Waals surface area contributed by atoms with Crippen molar-refractivity contribution in [3.8, 4) is 11.5 Å². The van der Waals surface area contributed by atoms with Crippen molar-refractivity contribution in [1.82, 2.24) is 0 Å². The first-order valence-electron chi connectivity index (χ1n) is 6.62. The summed E-state index contributed by atoms with van der Waals surface area (Å²) < 4.78 is 5.63. The quantitative estimate of drug-likeness (QED) is 0.422. The summed E-state index contributed by atoms with van der Waals surface area (Å²) in [7, 11) is 1.39. The van der Waals surface area contributed by atoms with Gasteiger partial charge in [0, 0.05) is 16.1 Å². The van der Waals surface area contributed by atoms with Crippen molar-refractivity contribution in [1.29, 1.82) is 0 Å². The van der Waals surface area contributed by atoms with Crippen LogP contribution in [-0.4, -0.2) is 28.3 Å². The number of hydrogen-bond donors (Lipinski definition) is 2. The van der Waals surface area contributed by atoms with E-state index in [0.717, 1.165) is 12.1 Å². The molecule has 0 radical (unpaired) electrons. The number of ether oxygens (including phenoxy) is 1. The molecule has 0 heterocycles. The molecule has 0 unspecified atom stereocenters. The molecule has 2 aromatic carbocycles. The maximum Gasteiger partial charge on any atom is 0.301 e. The molecule has 0 saturated heterocycles. The van der Waals surface area contributed by atoms with E-state index >= 15 is 0 Å². The second-order valence-corrected chi connectivity index (χ2v) is 5.55. The standard InChI is InChI=1S/C14H11BrN4O6/c1-25-13-5-9(15)4-8(14(13)20)7-16-17-11-3-2-10(18(21)22)6-12(11)19(23)24/h2-7,17,20H,1H3. The Morgan fingerprint density at radius 2 is 1.96 bits per heavy atom. The van der Waals surface area contributed by atoms with Gasteiger partial charge < -0.3 is 9.84 Å². The van der Waals surface area contributed by atoms with Crippen molar-refractivity contribution in [3.05, 3.63) is 60.6 Å². The van der Waals surface area contributed by atoms with Crippen molar-refractivity contribution < 1.29 is 19.7 Å². The van der Waals surface area contributed by atoms with Crippen molar-refractivity contribution in [2.75, 3.05) is 12.5 Å². The maximum absolute atomic E-state index is 11.0. The zero-order chi connectivity index (χ0) is 18.6. The van der Waals surface area contributed by atoms with Crippen LogP contribution in [-0.2, 0) is 0 Å². The molecule has 10 nitrogen and oxygen atoms in total. The molecule has 0 aromatic heterocycles. The van der Waals surface area contributed by atoms with Crippen LogP contribution < -0.4 is 10.2 Å². The number of methoxy groups -OCH3 is 1. The lowest BCUT2D eigenvalue weighted by Gasteiger charge is -2.07. The molecule has 25 heavy (non-hydrogen) atoms. The number of aromatic hydroxyl groups is 1. The maximum atomic E-state index is 11.0. The van der Waals surface area contributed by atoms with Gasteiger partial charge in [0.2, 0.25) is 0 Å². The van der Waals surface area contributed by atoms with Gasteiger partial charge in [-0.1, -0.05) is 15.9 Å². The van der Waals surface area contributed by atoms with Gasteiger partial charge in [-0.2, -0.15) is 5.10 Å². The topological polar surface area (TPSA) is 140 Å². The Hall–Kier alpha value is -3.21. The van der Waals surface area contributed by atoms with Crippen LogP contribution in [0, 0.1) is 20.2 Å². The molecule has 11 heteroatoms. The lowest BCUT2D eigenvalue weighted by molar-refractivity contribution is -0.393. The van der Waals surface area contributed by atoms with Gasteiger partial charge in [-0.25, -0.2) is 0 Å². The molecule has 0 aliphatic heterocycles. The highest BCUT2D eigenvalue weighted by Crippen LogP contribution is 2.33. The third-order valence-electron chi connectivity index (χ3n) is 3.07. The number of phenols is 1. The van der Waals surface area contributed by atoms with Crippen LogP contribution in [0.5, 0.6) is 11.5 Å². The van der Waals surface area contributed by atoms with Gasteiger partial charge in [-0.15, -0.1) is 0 Å². The molecule has 0 aliphatic carbocycles. The van der Waals surface area contributed by atoms with Crippen molar-refractivity contribution in [2.24, 2.45) is 5.10 Å². The molecule has 130 valence electrons. The molecule has 0 atom stereocenters. The number of non-ortho nitro benzene ring substituents is 1.